The van der Waals surface area contributed by atoms with Crippen LogP contribution >= 0.6 is 0 Å². The van der Waals surface area contributed by atoms with Gasteiger partial charge in [-0.15, -0.1) is 0 Å². The van der Waals surface area contributed by atoms with Crippen molar-refractivity contribution >= 4 is 11.7 Å². The first-order valence-corrected chi connectivity index (χ1v) is 9.99. The van der Waals surface area contributed by atoms with E-state index in [1.165, 1.54) is 18.5 Å². The van der Waals surface area contributed by atoms with Gasteiger partial charge in [0.1, 0.15) is 29.5 Å². The SMILES string of the molecule is COc1ccc(Oc2cc(N3CCN(C(=O)c4cccc(F)c4)C(C)C3)ncn2)cc1. The molecule has 4 rings (SSSR count). The summed E-state index contributed by atoms with van der Waals surface area (Å²) < 4.78 is 24.5. The van der Waals surface area contributed by atoms with Gasteiger partial charge in [-0.25, -0.2) is 14.4 Å². The lowest BCUT2D eigenvalue weighted by molar-refractivity contribution is 0.0673. The average Bonchev–Trinajstić information content (AvgIpc) is 2.79. The van der Waals surface area contributed by atoms with Crippen LogP contribution in [-0.2, 0) is 0 Å². The highest BCUT2D eigenvalue weighted by Gasteiger charge is 2.29. The fourth-order valence-electron chi connectivity index (χ4n) is 3.58. The molecule has 31 heavy (non-hydrogen) atoms. The van der Waals surface area contributed by atoms with Gasteiger partial charge in [-0.3, -0.25) is 4.79 Å². The molecule has 0 spiro atoms. The number of rotatable bonds is 5. The molecule has 0 saturated carbocycles. The number of methoxy groups -OCH3 is 1. The molecule has 0 aliphatic carbocycles. The molecule has 1 fully saturated rings. The van der Waals surface area contributed by atoms with Crippen molar-refractivity contribution in [1.82, 2.24) is 14.9 Å². The molecule has 0 N–H and O–H groups in total. The van der Waals surface area contributed by atoms with Gasteiger partial charge in [0.2, 0.25) is 5.88 Å². The van der Waals surface area contributed by atoms with E-state index in [-0.39, 0.29) is 11.9 Å². The Hall–Kier alpha value is -3.68. The van der Waals surface area contributed by atoms with Gasteiger partial charge in [-0.1, -0.05) is 6.07 Å². The molecule has 1 aromatic heterocycles. The number of hydrogen-bond acceptors (Lipinski definition) is 6. The van der Waals surface area contributed by atoms with E-state index in [0.717, 1.165) is 11.6 Å². The Bertz CT molecular complexity index is 1060. The van der Waals surface area contributed by atoms with Crippen molar-refractivity contribution in [2.75, 3.05) is 31.6 Å². The number of ether oxygens (including phenoxy) is 2. The van der Waals surface area contributed by atoms with E-state index in [2.05, 4.69) is 14.9 Å². The molecular weight excluding hydrogens is 399 g/mol. The van der Waals surface area contributed by atoms with Gasteiger partial charge in [-0.2, -0.15) is 0 Å². The molecule has 2 aromatic carbocycles. The van der Waals surface area contributed by atoms with E-state index in [0.29, 0.717) is 36.8 Å². The molecule has 8 heteroatoms. The first-order chi connectivity index (χ1) is 15.0. The Balaban J connectivity index is 1.43. The minimum Gasteiger partial charge on any atom is -0.497 e. The van der Waals surface area contributed by atoms with Crippen molar-refractivity contribution in [2.45, 2.75) is 13.0 Å². The highest BCUT2D eigenvalue weighted by molar-refractivity contribution is 5.94. The van der Waals surface area contributed by atoms with E-state index in [1.54, 1.807) is 42.3 Å². The Morgan fingerprint density at radius 1 is 1.06 bits per heavy atom. The Labute approximate surface area is 180 Å². The molecule has 0 bridgehead atoms. The standard InChI is InChI=1S/C23H23FN4O3/c1-16-14-27(10-11-28(16)23(29)17-4-3-5-18(24)12-17)21-13-22(26-15-25-21)31-20-8-6-19(30-2)7-9-20/h3-9,12-13,15-16H,10-11,14H2,1-2H3. The van der Waals surface area contributed by atoms with Crippen LogP contribution in [0.5, 0.6) is 17.4 Å². The zero-order valence-corrected chi connectivity index (χ0v) is 17.4. The normalized spacial score (nSPS) is 16.2. The number of amides is 1. The van der Waals surface area contributed by atoms with Crippen LogP contribution in [0.25, 0.3) is 0 Å². The molecule has 1 aliphatic rings. The number of carbonyl (C=O) groups is 1. The lowest BCUT2D eigenvalue weighted by Gasteiger charge is -2.40. The zero-order valence-electron chi connectivity index (χ0n) is 17.4. The van der Waals surface area contributed by atoms with Crippen LogP contribution in [0.3, 0.4) is 0 Å². The summed E-state index contributed by atoms with van der Waals surface area (Å²) in [4.78, 5) is 25.2. The van der Waals surface area contributed by atoms with Gasteiger partial charge >= 0.3 is 0 Å². The van der Waals surface area contributed by atoms with Gasteiger partial charge in [0.25, 0.3) is 5.91 Å². The Morgan fingerprint density at radius 3 is 2.55 bits per heavy atom. The monoisotopic (exact) mass is 422 g/mol. The third kappa shape index (κ3) is 4.74. The second-order valence-electron chi connectivity index (χ2n) is 7.30. The van der Waals surface area contributed by atoms with Crippen LogP contribution in [0.4, 0.5) is 10.2 Å². The summed E-state index contributed by atoms with van der Waals surface area (Å²) in [5.41, 5.74) is 0.359. The second-order valence-corrected chi connectivity index (χ2v) is 7.30. The molecule has 3 aromatic rings. The Kier molecular flexibility index (Phi) is 5.97. The predicted molar refractivity (Wildman–Crippen MR) is 114 cm³/mol. The van der Waals surface area contributed by atoms with E-state index in [4.69, 9.17) is 9.47 Å². The molecule has 1 aliphatic heterocycles. The largest absolute Gasteiger partial charge is 0.497 e. The van der Waals surface area contributed by atoms with Crippen LogP contribution in [0.2, 0.25) is 0 Å². The maximum atomic E-state index is 13.5. The number of anilines is 1. The van der Waals surface area contributed by atoms with E-state index in [9.17, 15) is 9.18 Å². The van der Waals surface area contributed by atoms with Gasteiger partial charge in [-0.05, 0) is 49.4 Å². The van der Waals surface area contributed by atoms with Crippen molar-refractivity contribution in [3.8, 4) is 17.4 Å². The number of piperazine rings is 1. The lowest BCUT2D eigenvalue weighted by Crippen LogP contribution is -2.54. The number of halogens is 1. The van der Waals surface area contributed by atoms with Crippen LogP contribution in [0, 0.1) is 5.82 Å². The molecule has 1 saturated heterocycles. The maximum Gasteiger partial charge on any atom is 0.254 e. The summed E-state index contributed by atoms with van der Waals surface area (Å²) in [7, 11) is 1.61. The second kappa shape index (κ2) is 8.99. The van der Waals surface area contributed by atoms with Crippen molar-refractivity contribution < 1.29 is 18.7 Å². The molecule has 2 heterocycles. The van der Waals surface area contributed by atoms with Crippen molar-refractivity contribution in [3.63, 3.8) is 0 Å². The van der Waals surface area contributed by atoms with E-state index < -0.39 is 5.82 Å². The number of hydrogen-bond donors (Lipinski definition) is 0. The smallest absolute Gasteiger partial charge is 0.254 e. The van der Waals surface area contributed by atoms with Gasteiger partial charge in [0.15, 0.2) is 0 Å². The average molecular weight is 422 g/mol. The van der Waals surface area contributed by atoms with Crippen molar-refractivity contribution in [3.05, 3.63) is 72.3 Å². The van der Waals surface area contributed by atoms with Gasteiger partial charge in [0, 0.05) is 37.3 Å². The van der Waals surface area contributed by atoms with Crippen molar-refractivity contribution in [2.24, 2.45) is 0 Å². The topological polar surface area (TPSA) is 67.8 Å². The van der Waals surface area contributed by atoms with Crippen LogP contribution in [0.1, 0.15) is 17.3 Å². The summed E-state index contributed by atoms with van der Waals surface area (Å²) in [6, 6.07) is 14.7. The first-order valence-electron chi connectivity index (χ1n) is 9.99. The molecule has 1 atom stereocenters. The molecule has 7 nitrogen and oxygen atoms in total. The van der Waals surface area contributed by atoms with E-state index >= 15 is 0 Å². The van der Waals surface area contributed by atoms with Crippen molar-refractivity contribution in [1.29, 1.82) is 0 Å². The summed E-state index contributed by atoms with van der Waals surface area (Å²) in [5.74, 6) is 1.96. The molecular formula is C23H23FN4O3. The number of aromatic nitrogens is 2. The summed E-state index contributed by atoms with van der Waals surface area (Å²) >= 11 is 0. The first kappa shape index (κ1) is 20.6. The quantitative estimate of drug-likeness (QED) is 0.624. The minimum absolute atomic E-state index is 0.0644. The molecule has 0 radical (unpaired) electrons. The molecule has 1 amide bonds. The lowest BCUT2D eigenvalue weighted by atomic mass is 10.1. The highest BCUT2D eigenvalue weighted by Crippen LogP contribution is 2.26. The third-order valence-electron chi connectivity index (χ3n) is 5.19. The predicted octanol–water partition coefficient (Wildman–Crippen LogP) is 3.77. The maximum absolute atomic E-state index is 13.5. The van der Waals surface area contributed by atoms with Gasteiger partial charge < -0.3 is 19.3 Å². The van der Waals surface area contributed by atoms with Crippen LogP contribution in [-0.4, -0.2) is 53.6 Å². The molecule has 1 unspecified atom stereocenters. The summed E-state index contributed by atoms with van der Waals surface area (Å²) in [6.07, 6.45) is 1.46. The molecule has 160 valence electrons. The number of carbonyl (C=O) groups excluding carboxylic acids is 1. The van der Waals surface area contributed by atoms with Crippen LogP contribution < -0.4 is 14.4 Å². The fourth-order valence-corrected chi connectivity index (χ4v) is 3.58. The number of nitrogens with zero attached hydrogens (tertiary/aromatic N) is 4. The Morgan fingerprint density at radius 2 is 1.84 bits per heavy atom. The number of benzene rings is 2. The fraction of sp³-hybridized carbons (Fsp3) is 0.261. The van der Waals surface area contributed by atoms with Gasteiger partial charge in [0.05, 0.1) is 7.11 Å². The third-order valence-corrected chi connectivity index (χ3v) is 5.19. The van der Waals surface area contributed by atoms with Crippen LogP contribution in [0.15, 0.2) is 60.9 Å². The zero-order chi connectivity index (χ0) is 21.8. The highest BCUT2D eigenvalue weighted by atomic mass is 19.1. The minimum atomic E-state index is -0.414. The summed E-state index contributed by atoms with van der Waals surface area (Å²) in [5, 5.41) is 0. The summed E-state index contributed by atoms with van der Waals surface area (Å²) in [6.45, 7) is 3.68. The van der Waals surface area contributed by atoms with E-state index in [1.807, 2.05) is 19.1 Å².